The van der Waals surface area contributed by atoms with Gasteiger partial charge in [0.05, 0.1) is 24.3 Å². The van der Waals surface area contributed by atoms with Crippen molar-refractivity contribution >= 4 is 11.7 Å². The van der Waals surface area contributed by atoms with Crippen molar-refractivity contribution in [3.05, 3.63) is 82.8 Å². The molecule has 40 heavy (non-hydrogen) atoms. The lowest BCUT2D eigenvalue weighted by Crippen LogP contribution is -2.26. The molecule has 1 amide bonds. The minimum absolute atomic E-state index is 0.0399. The molecule has 1 aliphatic carbocycles. The molecule has 2 aliphatic rings. The summed E-state index contributed by atoms with van der Waals surface area (Å²) in [6, 6.07) is 18.0. The zero-order valence-corrected chi connectivity index (χ0v) is 22.9. The van der Waals surface area contributed by atoms with Crippen molar-refractivity contribution in [2.75, 3.05) is 18.6 Å². The zero-order chi connectivity index (χ0) is 27.8. The van der Waals surface area contributed by atoms with Gasteiger partial charge in [0.15, 0.2) is 5.82 Å². The summed E-state index contributed by atoms with van der Waals surface area (Å²) in [6.45, 7) is 3.90. The van der Waals surface area contributed by atoms with Gasteiger partial charge in [-0.25, -0.2) is 4.98 Å². The first-order valence-electron chi connectivity index (χ1n) is 13.5. The Labute approximate surface area is 233 Å². The molecule has 0 spiro atoms. The van der Waals surface area contributed by atoms with Crippen LogP contribution in [-0.2, 0) is 24.9 Å². The Morgan fingerprint density at radius 3 is 2.70 bits per heavy atom. The summed E-state index contributed by atoms with van der Waals surface area (Å²) in [7, 11) is 3.58. The Morgan fingerprint density at radius 1 is 1.12 bits per heavy atom. The van der Waals surface area contributed by atoms with Crippen LogP contribution in [0.5, 0.6) is 0 Å². The fraction of sp³-hybridized carbons (Fsp3) is 0.323. The number of hydrogen-bond donors (Lipinski definition) is 1. The van der Waals surface area contributed by atoms with Crippen LogP contribution >= 0.6 is 0 Å². The maximum atomic E-state index is 13.7. The van der Waals surface area contributed by atoms with Crippen molar-refractivity contribution in [3.8, 4) is 28.6 Å². The number of aromatic nitrogens is 4. The number of methoxy groups -OCH3 is 1. The third kappa shape index (κ3) is 4.99. The molecule has 202 valence electrons. The number of hydrogen-bond acceptors (Lipinski definition) is 7. The summed E-state index contributed by atoms with van der Waals surface area (Å²) in [5.74, 6) is 1.66. The number of fused-ring (bicyclic) bond motifs is 1. The van der Waals surface area contributed by atoms with Gasteiger partial charge in [0, 0.05) is 50.0 Å². The first kappa shape index (κ1) is 25.9. The number of aryl methyl sites for hydroxylation is 1. The Morgan fingerprint density at radius 2 is 1.98 bits per heavy atom. The molecular weight excluding hydrogens is 502 g/mol. The van der Waals surface area contributed by atoms with Crippen LogP contribution in [0.15, 0.2) is 54.9 Å². The average Bonchev–Trinajstić information content (AvgIpc) is 3.67. The molecule has 4 aromatic rings. The van der Waals surface area contributed by atoms with E-state index in [0.29, 0.717) is 36.2 Å². The van der Waals surface area contributed by atoms with E-state index in [4.69, 9.17) is 9.72 Å². The summed E-state index contributed by atoms with van der Waals surface area (Å²) < 4.78 is 7.15. The smallest absolute Gasteiger partial charge is 0.260 e. The van der Waals surface area contributed by atoms with Gasteiger partial charge in [-0.2, -0.15) is 5.26 Å². The lowest BCUT2D eigenvalue weighted by Gasteiger charge is -2.18. The second-order valence-electron chi connectivity index (χ2n) is 10.6. The third-order valence-electron chi connectivity index (χ3n) is 7.66. The summed E-state index contributed by atoms with van der Waals surface area (Å²) >= 11 is 0. The highest BCUT2D eigenvalue weighted by Gasteiger charge is 2.32. The number of nitriles is 1. The third-order valence-corrected chi connectivity index (χ3v) is 7.66. The lowest BCUT2D eigenvalue weighted by molar-refractivity contribution is 0.0995. The minimum atomic E-state index is -0.0399. The first-order chi connectivity index (χ1) is 19.4. The molecule has 1 aliphatic heterocycles. The fourth-order valence-corrected chi connectivity index (χ4v) is 5.14. The SMILES string of the molecule is CO[C@@H](C)CNCc1ccc2c(c1)C(=O)N(c1cc(-c3ccc(C#N)cc3-c3nncn3C)cc(C3CC3)n1)C2. The van der Waals surface area contributed by atoms with Crippen LogP contribution < -0.4 is 10.2 Å². The van der Waals surface area contributed by atoms with Crippen LogP contribution in [0.4, 0.5) is 5.82 Å². The molecule has 9 heteroatoms. The molecule has 1 saturated carbocycles. The number of carbonyl (C=O) groups excluding carboxylic acids is 1. The molecule has 1 N–H and O–H groups in total. The molecule has 2 aromatic carbocycles. The molecule has 0 radical (unpaired) electrons. The van der Waals surface area contributed by atoms with Gasteiger partial charge in [-0.1, -0.05) is 18.2 Å². The Balaban J connectivity index is 1.35. The van der Waals surface area contributed by atoms with Gasteiger partial charge in [0.1, 0.15) is 12.1 Å². The van der Waals surface area contributed by atoms with Crippen molar-refractivity contribution in [3.63, 3.8) is 0 Å². The molecule has 0 unspecified atom stereocenters. The second-order valence-corrected chi connectivity index (χ2v) is 10.6. The zero-order valence-electron chi connectivity index (χ0n) is 22.9. The van der Waals surface area contributed by atoms with Crippen molar-refractivity contribution in [1.82, 2.24) is 25.1 Å². The van der Waals surface area contributed by atoms with Crippen LogP contribution in [0.3, 0.4) is 0 Å². The number of ether oxygens (including phenoxy) is 1. The van der Waals surface area contributed by atoms with Gasteiger partial charge < -0.3 is 14.6 Å². The molecule has 1 atom stereocenters. The van der Waals surface area contributed by atoms with Crippen LogP contribution in [0.1, 0.15) is 58.4 Å². The van der Waals surface area contributed by atoms with Gasteiger partial charge in [0.25, 0.3) is 5.91 Å². The summed E-state index contributed by atoms with van der Waals surface area (Å²) in [5.41, 5.74) is 6.98. The lowest BCUT2D eigenvalue weighted by atomic mass is 9.96. The topological polar surface area (TPSA) is 109 Å². The van der Waals surface area contributed by atoms with Gasteiger partial charge in [0.2, 0.25) is 0 Å². The van der Waals surface area contributed by atoms with E-state index in [-0.39, 0.29) is 12.0 Å². The maximum Gasteiger partial charge on any atom is 0.260 e. The average molecular weight is 534 g/mol. The maximum absolute atomic E-state index is 13.7. The number of nitrogens with zero attached hydrogens (tertiary/aromatic N) is 6. The van der Waals surface area contributed by atoms with Crippen molar-refractivity contribution in [2.24, 2.45) is 7.05 Å². The molecule has 0 saturated heterocycles. The minimum Gasteiger partial charge on any atom is -0.380 e. The van der Waals surface area contributed by atoms with E-state index >= 15 is 0 Å². The van der Waals surface area contributed by atoms with Gasteiger partial charge >= 0.3 is 0 Å². The quantitative estimate of drug-likeness (QED) is 0.335. The largest absolute Gasteiger partial charge is 0.380 e. The number of rotatable bonds is 9. The summed E-state index contributed by atoms with van der Waals surface area (Å²) in [6.07, 6.45) is 3.95. The summed E-state index contributed by atoms with van der Waals surface area (Å²) in [5, 5.41) is 21.3. The standard InChI is InChI=1S/C31H31N7O2/c1-19(40-3)15-33-16-21-4-6-23-17-38(31(39)26(23)11-21)29-13-24(12-28(35-29)22-7-8-22)25-9-5-20(14-32)10-27(25)30-36-34-18-37(30)2/h4-6,9-13,18-19,22,33H,7-8,15-17H2,1-3H3/t19-/m0/s1. The highest BCUT2D eigenvalue weighted by atomic mass is 16.5. The molecule has 6 rings (SSSR count). The number of amides is 1. The van der Waals surface area contributed by atoms with Crippen LogP contribution in [0, 0.1) is 11.3 Å². The monoisotopic (exact) mass is 533 g/mol. The van der Waals surface area contributed by atoms with Crippen molar-refractivity contribution in [1.29, 1.82) is 5.26 Å². The van der Waals surface area contributed by atoms with E-state index in [1.165, 1.54) is 0 Å². The number of anilines is 1. The van der Waals surface area contributed by atoms with E-state index in [1.54, 1.807) is 18.3 Å². The Hall–Kier alpha value is -4.39. The Bertz CT molecular complexity index is 1630. The van der Waals surface area contributed by atoms with Crippen LogP contribution in [-0.4, -0.2) is 45.4 Å². The van der Waals surface area contributed by atoms with Gasteiger partial charge in [-0.05, 0) is 72.4 Å². The normalized spacial score (nSPS) is 15.2. The van der Waals surface area contributed by atoms with Crippen LogP contribution in [0.25, 0.3) is 22.5 Å². The summed E-state index contributed by atoms with van der Waals surface area (Å²) in [4.78, 5) is 20.4. The van der Waals surface area contributed by atoms with Crippen molar-refractivity contribution < 1.29 is 9.53 Å². The van der Waals surface area contributed by atoms with Gasteiger partial charge in [-0.15, -0.1) is 10.2 Å². The molecule has 2 aromatic heterocycles. The first-order valence-corrected chi connectivity index (χ1v) is 13.5. The highest BCUT2D eigenvalue weighted by Crippen LogP contribution is 2.43. The Kier molecular flexibility index (Phi) is 6.88. The van der Waals surface area contributed by atoms with Gasteiger partial charge in [-0.3, -0.25) is 9.69 Å². The predicted octanol–water partition coefficient (Wildman–Crippen LogP) is 4.58. The number of benzene rings is 2. The van der Waals surface area contributed by atoms with Crippen molar-refractivity contribution in [2.45, 2.75) is 44.9 Å². The predicted molar refractivity (Wildman–Crippen MR) is 151 cm³/mol. The number of carbonyl (C=O) groups is 1. The highest BCUT2D eigenvalue weighted by molar-refractivity contribution is 6.10. The van der Waals surface area contributed by atoms with Crippen LogP contribution in [0.2, 0.25) is 0 Å². The van der Waals surface area contributed by atoms with E-state index in [9.17, 15) is 10.1 Å². The van der Waals surface area contributed by atoms with E-state index < -0.39 is 0 Å². The molecule has 9 nitrogen and oxygen atoms in total. The molecular formula is C31H31N7O2. The van der Waals surface area contributed by atoms with E-state index in [0.717, 1.165) is 58.5 Å². The number of pyridine rings is 1. The fourth-order valence-electron chi connectivity index (χ4n) is 5.14. The molecule has 1 fully saturated rings. The molecule has 3 heterocycles. The second kappa shape index (κ2) is 10.6. The van der Waals surface area contributed by atoms with E-state index in [1.807, 2.05) is 54.9 Å². The number of nitrogens with one attached hydrogen (secondary N) is 1. The molecule has 0 bridgehead atoms. The van der Waals surface area contributed by atoms with E-state index in [2.05, 4.69) is 33.7 Å².